The van der Waals surface area contributed by atoms with Crippen molar-refractivity contribution in [3.63, 3.8) is 0 Å². The first-order valence-electron chi connectivity index (χ1n) is 7.20. The third-order valence-electron chi connectivity index (χ3n) is 3.46. The molecule has 2 nitrogen and oxygen atoms in total. The van der Waals surface area contributed by atoms with Crippen molar-refractivity contribution in [2.75, 3.05) is 5.32 Å². The van der Waals surface area contributed by atoms with E-state index in [2.05, 4.69) is 40.3 Å². The van der Waals surface area contributed by atoms with Gasteiger partial charge in [-0.25, -0.2) is 0 Å². The van der Waals surface area contributed by atoms with E-state index in [0.29, 0.717) is 0 Å². The van der Waals surface area contributed by atoms with Crippen LogP contribution in [0.2, 0.25) is 0 Å². The van der Waals surface area contributed by atoms with Crippen molar-refractivity contribution in [1.82, 2.24) is 0 Å². The van der Waals surface area contributed by atoms with Gasteiger partial charge < -0.3 is 5.32 Å². The molecule has 0 aliphatic rings. The Morgan fingerprint density at radius 3 is 2.64 bits per heavy atom. The molecule has 1 N–H and O–H groups in total. The van der Waals surface area contributed by atoms with E-state index in [1.165, 1.54) is 11.1 Å². The molecule has 0 aliphatic carbocycles. The molecule has 2 aromatic carbocycles. The number of amides is 1. The fourth-order valence-corrected chi connectivity index (χ4v) is 3.60. The summed E-state index contributed by atoms with van der Waals surface area (Å²) in [6.45, 7) is 6.01. The fourth-order valence-electron chi connectivity index (χ4n) is 2.09. The van der Waals surface area contributed by atoms with Gasteiger partial charge in [-0.1, -0.05) is 51.8 Å². The lowest BCUT2D eigenvalue weighted by Gasteiger charge is -2.14. The summed E-state index contributed by atoms with van der Waals surface area (Å²) in [5.74, 6) is 0.854. The quantitative estimate of drug-likeness (QED) is 0.762. The van der Waals surface area contributed by atoms with Crippen LogP contribution in [0.5, 0.6) is 0 Å². The van der Waals surface area contributed by atoms with Gasteiger partial charge in [-0.2, -0.15) is 0 Å². The van der Waals surface area contributed by atoms with Crippen LogP contribution in [0.15, 0.2) is 46.9 Å². The monoisotopic (exact) mass is 377 g/mol. The minimum absolute atomic E-state index is 0.0454. The summed E-state index contributed by atoms with van der Waals surface area (Å²) in [7, 11) is 0. The lowest BCUT2D eigenvalue weighted by molar-refractivity contribution is -0.115. The maximum atomic E-state index is 12.3. The van der Waals surface area contributed by atoms with Crippen LogP contribution >= 0.6 is 27.7 Å². The molecule has 4 heteroatoms. The van der Waals surface area contributed by atoms with Crippen LogP contribution in [0.4, 0.5) is 5.69 Å². The number of nitrogens with one attached hydrogen (secondary N) is 1. The topological polar surface area (TPSA) is 29.1 Å². The zero-order valence-electron chi connectivity index (χ0n) is 13.0. The molecule has 116 valence electrons. The second-order valence-corrected chi connectivity index (χ2v) is 7.54. The number of hydrogen-bond donors (Lipinski definition) is 1. The molecule has 0 aliphatic heterocycles. The Labute approximate surface area is 144 Å². The average molecular weight is 378 g/mol. The summed E-state index contributed by atoms with van der Waals surface area (Å²) in [5.41, 5.74) is 4.39. The Morgan fingerprint density at radius 1 is 1.23 bits per heavy atom. The highest BCUT2D eigenvalue weighted by molar-refractivity contribution is 9.10. The molecule has 0 bridgehead atoms. The first-order valence-corrected chi connectivity index (χ1v) is 9.04. The number of rotatable bonds is 5. The SMILES string of the molecule is Cc1ccc(NC(=O)C(C)SCc2ccccc2Br)c(C)c1. The van der Waals surface area contributed by atoms with Gasteiger partial charge in [0.1, 0.15) is 0 Å². The van der Waals surface area contributed by atoms with Crippen LogP contribution in [0.3, 0.4) is 0 Å². The van der Waals surface area contributed by atoms with Crippen LogP contribution in [0.25, 0.3) is 0 Å². The second-order valence-electron chi connectivity index (χ2n) is 5.35. The van der Waals surface area contributed by atoms with Crippen molar-refractivity contribution in [3.05, 3.63) is 63.6 Å². The molecule has 0 saturated heterocycles. The Morgan fingerprint density at radius 2 is 1.95 bits per heavy atom. The minimum Gasteiger partial charge on any atom is -0.325 e. The maximum Gasteiger partial charge on any atom is 0.237 e. The Bertz CT molecular complexity index is 672. The van der Waals surface area contributed by atoms with E-state index in [0.717, 1.165) is 21.5 Å². The highest BCUT2D eigenvalue weighted by Gasteiger charge is 2.15. The van der Waals surface area contributed by atoms with Crippen molar-refractivity contribution >= 4 is 39.3 Å². The molecule has 0 radical (unpaired) electrons. The second kappa shape index (κ2) is 7.84. The third-order valence-corrected chi connectivity index (χ3v) is 5.42. The minimum atomic E-state index is -0.104. The van der Waals surface area contributed by atoms with E-state index < -0.39 is 0 Å². The van der Waals surface area contributed by atoms with Gasteiger partial charge in [-0.3, -0.25) is 4.79 Å². The summed E-state index contributed by atoms with van der Waals surface area (Å²) in [6, 6.07) is 14.2. The lowest BCUT2D eigenvalue weighted by atomic mass is 10.1. The van der Waals surface area contributed by atoms with Gasteiger partial charge in [-0.05, 0) is 44.0 Å². The first kappa shape index (κ1) is 17.1. The molecule has 1 unspecified atom stereocenters. The molecular formula is C18H20BrNOS. The first-order chi connectivity index (χ1) is 10.5. The van der Waals surface area contributed by atoms with Crippen molar-refractivity contribution in [1.29, 1.82) is 0 Å². The van der Waals surface area contributed by atoms with Crippen LogP contribution in [-0.4, -0.2) is 11.2 Å². The largest absolute Gasteiger partial charge is 0.325 e. The number of aryl methyl sites for hydroxylation is 2. The van der Waals surface area contributed by atoms with E-state index in [4.69, 9.17) is 0 Å². The highest BCUT2D eigenvalue weighted by atomic mass is 79.9. The van der Waals surface area contributed by atoms with Crippen LogP contribution < -0.4 is 5.32 Å². The van der Waals surface area contributed by atoms with E-state index >= 15 is 0 Å². The number of anilines is 1. The summed E-state index contributed by atoms with van der Waals surface area (Å²) in [6.07, 6.45) is 0. The van der Waals surface area contributed by atoms with Gasteiger partial charge in [0.25, 0.3) is 0 Å². The van der Waals surface area contributed by atoms with Crippen molar-refractivity contribution in [3.8, 4) is 0 Å². The summed E-state index contributed by atoms with van der Waals surface area (Å²) in [4.78, 5) is 12.3. The van der Waals surface area contributed by atoms with E-state index in [1.807, 2.05) is 44.2 Å². The van der Waals surface area contributed by atoms with E-state index in [-0.39, 0.29) is 11.2 Å². The highest BCUT2D eigenvalue weighted by Crippen LogP contribution is 2.25. The van der Waals surface area contributed by atoms with Crippen molar-refractivity contribution in [2.45, 2.75) is 31.8 Å². The number of halogens is 1. The Balaban J connectivity index is 1.93. The standard InChI is InChI=1S/C18H20BrNOS/c1-12-8-9-17(13(2)10-12)20-18(21)14(3)22-11-15-6-4-5-7-16(15)19/h4-10,14H,11H2,1-3H3,(H,20,21). The number of benzene rings is 2. The molecule has 0 fully saturated rings. The molecule has 22 heavy (non-hydrogen) atoms. The maximum absolute atomic E-state index is 12.3. The third kappa shape index (κ3) is 4.62. The normalized spacial score (nSPS) is 12.0. The zero-order chi connectivity index (χ0) is 16.1. The zero-order valence-corrected chi connectivity index (χ0v) is 15.4. The van der Waals surface area contributed by atoms with Gasteiger partial charge in [0, 0.05) is 15.9 Å². The van der Waals surface area contributed by atoms with Gasteiger partial charge in [0.15, 0.2) is 0 Å². The van der Waals surface area contributed by atoms with Crippen molar-refractivity contribution < 1.29 is 4.79 Å². The van der Waals surface area contributed by atoms with Crippen LogP contribution in [-0.2, 0) is 10.5 Å². The van der Waals surface area contributed by atoms with Gasteiger partial charge >= 0.3 is 0 Å². The molecule has 1 amide bonds. The van der Waals surface area contributed by atoms with Gasteiger partial charge in [0.2, 0.25) is 5.91 Å². The molecule has 2 rings (SSSR count). The predicted molar refractivity (Wildman–Crippen MR) is 99.4 cm³/mol. The molecule has 2 aromatic rings. The smallest absolute Gasteiger partial charge is 0.237 e. The van der Waals surface area contributed by atoms with Gasteiger partial charge in [-0.15, -0.1) is 11.8 Å². The van der Waals surface area contributed by atoms with E-state index in [1.54, 1.807) is 11.8 Å². The summed E-state index contributed by atoms with van der Waals surface area (Å²) < 4.78 is 1.09. The van der Waals surface area contributed by atoms with E-state index in [9.17, 15) is 4.79 Å². The van der Waals surface area contributed by atoms with Crippen LogP contribution in [0, 0.1) is 13.8 Å². The molecule has 1 atom stereocenters. The molecule has 0 heterocycles. The summed E-state index contributed by atoms with van der Waals surface area (Å²) >= 11 is 5.18. The lowest BCUT2D eigenvalue weighted by Crippen LogP contribution is -2.23. The number of thioether (sulfide) groups is 1. The van der Waals surface area contributed by atoms with Crippen LogP contribution in [0.1, 0.15) is 23.6 Å². The molecule has 0 saturated carbocycles. The number of carbonyl (C=O) groups excluding carboxylic acids is 1. The average Bonchev–Trinajstić information content (AvgIpc) is 2.49. The Hall–Kier alpha value is -1.26. The molecule has 0 spiro atoms. The molecular weight excluding hydrogens is 358 g/mol. The Kier molecular flexibility index (Phi) is 6.09. The number of hydrogen-bond acceptors (Lipinski definition) is 2. The van der Waals surface area contributed by atoms with Crippen molar-refractivity contribution in [2.24, 2.45) is 0 Å². The molecule has 0 aromatic heterocycles. The van der Waals surface area contributed by atoms with Gasteiger partial charge in [0.05, 0.1) is 5.25 Å². The predicted octanol–water partition coefficient (Wildman–Crippen LogP) is 5.33. The number of carbonyl (C=O) groups is 1. The summed E-state index contributed by atoms with van der Waals surface area (Å²) in [5, 5.41) is 2.91. The fraction of sp³-hybridized carbons (Fsp3) is 0.278.